The zero-order valence-electron chi connectivity index (χ0n) is 5.20. The number of carboxylic acid groups (broad SMARTS) is 1. The SMILES string of the molecule is O=[C][C@H](CS)NCC(=O)O. The number of carboxylic acids is 1. The molecule has 0 aliphatic rings. The molecule has 4 nitrogen and oxygen atoms in total. The minimum absolute atomic E-state index is 0.236. The molecule has 0 aromatic heterocycles. The maximum absolute atomic E-state index is 9.92. The van der Waals surface area contributed by atoms with Crippen LogP contribution in [0.1, 0.15) is 0 Å². The summed E-state index contributed by atoms with van der Waals surface area (Å²) in [5.74, 6) is -0.737. The van der Waals surface area contributed by atoms with Crippen molar-refractivity contribution in [3.63, 3.8) is 0 Å². The number of thiol groups is 1. The van der Waals surface area contributed by atoms with Gasteiger partial charge in [-0.1, -0.05) is 0 Å². The van der Waals surface area contributed by atoms with Gasteiger partial charge in [-0.05, 0) is 0 Å². The van der Waals surface area contributed by atoms with E-state index in [0.717, 1.165) is 0 Å². The number of hydrogen-bond acceptors (Lipinski definition) is 4. The topological polar surface area (TPSA) is 66.4 Å². The van der Waals surface area contributed by atoms with Gasteiger partial charge in [0.1, 0.15) is 0 Å². The molecule has 0 fully saturated rings. The Bertz CT molecular complexity index is 128. The Morgan fingerprint density at radius 1 is 1.80 bits per heavy atom. The Labute approximate surface area is 64.0 Å². The highest BCUT2D eigenvalue weighted by molar-refractivity contribution is 7.80. The highest BCUT2D eigenvalue weighted by Crippen LogP contribution is 1.81. The first kappa shape index (κ1) is 9.45. The summed E-state index contributed by atoms with van der Waals surface area (Å²) < 4.78 is 0. The van der Waals surface area contributed by atoms with Gasteiger partial charge in [0.25, 0.3) is 0 Å². The molecule has 57 valence electrons. The van der Waals surface area contributed by atoms with Gasteiger partial charge in [-0.2, -0.15) is 12.6 Å². The molecule has 0 unspecified atom stereocenters. The van der Waals surface area contributed by atoms with Crippen LogP contribution in [0.3, 0.4) is 0 Å². The van der Waals surface area contributed by atoms with Crippen LogP contribution in [0.5, 0.6) is 0 Å². The number of nitrogens with one attached hydrogen (secondary N) is 1. The van der Waals surface area contributed by atoms with Gasteiger partial charge in [0.2, 0.25) is 6.29 Å². The molecule has 0 aliphatic carbocycles. The molecule has 0 bridgehead atoms. The third-order valence-corrected chi connectivity index (χ3v) is 1.19. The molecule has 2 N–H and O–H groups in total. The monoisotopic (exact) mass is 162 g/mol. The lowest BCUT2D eigenvalue weighted by molar-refractivity contribution is -0.136. The van der Waals surface area contributed by atoms with Crippen LogP contribution in [0.4, 0.5) is 0 Å². The molecule has 0 saturated heterocycles. The third-order valence-electron chi connectivity index (χ3n) is 0.825. The highest BCUT2D eigenvalue weighted by Gasteiger charge is 2.05. The normalized spacial score (nSPS) is 12.5. The van der Waals surface area contributed by atoms with Gasteiger partial charge in [0.05, 0.1) is 12.6 Å². The minimum atomic E-state index is -0.998. The molecule has 0 spiro atoms. The number of carbonyl (C=O) groups is 1. The zero-order valence-corrected chi connectivity index (χ0v) is 6.10. The van der Waals surface area contributed by atoms with E-state index in [9.17, 15) is 9.59 Å². The Morgan fingerprint density at radius 2 is 2.40 bits per heavy atom. The number of carbonyl (C=O) groups excluding carboxylic acids is 1. The molecule has 1 radical (unpaired) electrons. The molecule has 0 amide bonds. The molecule has 0 aliphatic heterocycles. The van der Waals surface area contributed by atoms with Crippen LogP contribution in [0, 0.1) is 0 Å². The van der Waals surface area contributed by atoms with Crippen LogP contribution in [-0.2, 0) is 9.59 Å². The van der Waals surface area contributed by atoms with Gasteiger partial charge in [-0.3, -0.25) is 14.9 Å². The van der Waals surface area contributed by atoms with Crippen molar-refractivity contribution in [2.24, 2.45) is 0 Å². The second-order valence-electron chi connectivity index (χ2n) is 1.63. The summed E-state index contributed by atoms with van der Waals surface area (Å²) in [6.45, 7) is -0.236. The van der Waals surface area contributed by atoms with E-state index < -0.39 is 12.0 Å². The molecule has 0 rings (SSSR count). The van der Waals surface area contributed by atoms with Crippen molar-refractivity contribution in [3.8, 4) is 0 Å². The number of aliphatic carboxylic acids is 1. The van der Waals surface area contributed by atoms with E-state index in [1.54, 1.807) is 6.29 Å². The van der Waals surface area contributed by atoms with Crippen LogP contribution >= 0.6 is 12.6 Å². The van der Waals surface area contributed by atoms with Crippen LogP contribution in [0.25, 0.3) is 0 Å². The lowest BCUT2D eigenvalue weighted by Gasteiger charge is -2.04. The largest absolute Gasteiger partial charge is 0.480 e. The lowest BCUT2D eigenvalue weighted by Crippen LogP contribution is -2.35. The van der Waals surface area contributed by atoms with Crippen molar-refractivity contribution >= 4 is 24.9 Å². The standard InChI is InChI=1S/C5H8NO3S/c7-2-4(3-10)6-1-5(8)9/h4,6,10H,1,3H2,(H,8,9)/t4-/m1/s1. The van der Waals surface area contributed by atoms with Crippen LogP contribution < -0.4 is 5.32 Å². The quantitative estimate of drug-likeness (QED) is 0.457. The van der Waals surface area contributed by atoms with E-state index in [4.69, 9.17) is 5.11 Å². The highest BCUT2D eigenvalue weighted by atomic mass is 32.1. The first-order valence-electron chi connectivity index (χ1n) is 2.64. The predicted octanol–water partition coefficient (Wildman–Crippen LogP) is -0.931. The van der Waals surface area contributed by atoms with Gasteiger partial charge in [0, 0.05) is 5.75 Å². The Hall–Kier alpha value is -0.550. The van der Waals surface area contributed by atoms with Crippen LogP contribution in [0.2, 0.25) is 0 Å². The van der Waals surface area contributed by atoms with E-state index in [1.165, 1.54) is 0 Å². The number of hydrogen-bond donors (Lipinski definition) is 3. The summed E-state index contributed by atoms with van der Waals surface area (Å²) in [5.41, 5.74) is 0. The zero-order chi connectivity index (χ0) is 7.98. The maximum Gasteiger partial charge on any atom is 0.317 e. The summed E-state index contributed by atoms with van der Waals surface area (Å²) in [4.78, 5) is 19.8. The van der Waals surface area contributed by atoms with Crippen LogP contribution in [0.15, 0.2) is 0 Å². The molecule has 0 saturated carbocycles. The van der Waals surface area contributed by atoms with Gasteiger partial charge in [0.15, 0.2) is 0 Å². The summed E-state index contributed by atoms with van der Waals surface area (Å²) in [5, 5.41) is 10.6. The van der Waals surface area contributed by atoms with Crippen molar-refractivity contribution in [1.82, 2.24) is 5.32 Å². The summed E-state index contributed by atoms with van der Waals surface area (Å²) >= 11 is 3.78. The molecule has 0 aromatic rings. The average molecular weight is 162 g/mol. The Balaban J connectivity index is 3.44. The van der Waals surface area contributed by atoms with Crippen molar-refractivity contribution < 1.29 is 14.7 Å². The van der Waals surface area contributed by atoms with E-state index in [2.05, 4.69) is 17.9 Å². The molecule has 10 heavy (non-hydrogen) atoms. The molecule has 5 heteroatoms. The molecule has 0 aromatic carbocycles. The second kappa shape index (κ2) is 5.25. The average Bonchev–Trinajstić information content (AvgIpc) is 1.90. The fourth-order valence-electron chi connectivity index (χ4n) is 0.354. The summed E-state index contributed by atoms with van der Waals surface area (Å²) in [6, 6.07) is -0.584. The molecule has 1 atom stereocenters. The second-order valence-corrected chi connectivity index (χ2v) is 1.99. The first-order chi connectivity index (χ1) is 4.70. The summed E-state index contributed by atoms with van der Waals surface area (Å²) in [6.07, 6.45) is 1.61. The molecular weight excluding hydrogens is 154 g/mol. The smallest absolute Gasteiger partial charge is 0.317 e. The molecular formula is C5H8NO3S. The van der Waals surface area contributed by atoms with Gasteiger partial charge in [-0.15, -0.1) is 0 Å². The fraction of sp³-hybridized carbons (Fsp3) is 0.600. The van der Waals surface area contributed by atoms with Crippen molar-refractivity contribution in [2.45, 2.75) is 6.04 Å². The van der Waals surface area contributed by atoms with E-state index in [-0.39, 0.29) is 12.3 Å². The minimum Gasteiger partial charge on any atom is -0.480 e. The van der Waals surface area contributed by atoms with Crippen molar-refractivity contribution in [1.29, 1.82) is 0 Å². The van der Waals surface area contributed by atoms with E-state index in [0.29, 0.717) is 0 Å². The lowest BCUT2D eigenvalue weighted by atomic mass is 10.4. The van der Waals surface area contributed by atoms with Gasteiger partial charge in [-0.25, -0.2) is 0 Å². The third kappa shape index (κ3) is 4.34. The van der Waals surface area contributed by atoms with E-state index >= 15 is 0 Å². The maximum atomic E-state index is 9.92. The van der Waals surface area contributed by atoms with Crippen LogP contribution in [-0.4, -0.2) is 35.7 Å². The fourth-order valence-corrected chi connectivity index (χ4v) is 0.558. The van der Waals surface area contributed by atoms with Gasteiger partial charge >= 0.3 is 5.97 Å². The Morgan fingerprint density at radius 3 is 2.70 bits per heavy atom. The van der Waals surface area contributed by atoms with E-state index in [1.807, 2.05) is 0 Å². The van der Waals surface area contributed by atoms with Crippen molar-refractivity contribution in [2.75, 3.05) is 12.3 Å². The first-order valence-corrected chi connectivity index (χ1v) is 3.27. The van der Waals surface area contributed by atoms with Gasteiger partial charge < -0.3 is 5.11 Å². The predicted molar refractivity (Wildman–Crippen MR) is 39.0 cm³/mol. The molecule has 0 heterocycles. The number of rotatable bonds is 5. The van der Waals surface area contributed by atoms with Crippen molar-refractivity contribution in [3.05, 3.63) is 0 Å². The summed E-state index contributed by atoms with van der Waals surface area (Å²) in [7, 11) is 0. The Kier molecular flexibility index (Phi) is 4.96.